The zero-order valence-electron chi connectivity index (χ0n) is 59.4. The summed E-state index contributed by atoms with van der Waals surface area (Å²) in [5, 5.41) is 76.7. The second-order valence-electron chi connectivity index (χ2n) is 28.1. The van der Waals surface area contributed by atoms with Gasteiger partial charge in [-0.1, -0.05) is 385 Å². The van der Waals surface area contributed by atoms with Crippen molar-refractivity contribution in [2.75, 3.05) is 13.2 Å². The number of carbonyl (C=O) groups is 1. The van der Waals surface area contributed by atoms with Gasteiger partial charge in [-0.15, -0.1) is 0 Å². The van der Waals surface area contributed by atoms with Gasteiger partial charge in [0.2, 0.25) is 5.91 Å². The molecule has 1 fully saturated rings. The van der Waals surface area contributed by atoms with E-state index in [1.165, 1.54) is 321 Å². The molecule has 0 aromatic carbocycles. The molecule has 9 atom stereocenters. The van der Waals surface area contributed by atoms with E-state index in [2.05, 4.69) is 43.5 Å². The highest BCUT2D eigenvalue weighted by Crippen LogP contribution is 2.24. The zero-order chi connectivity index (χ0) is 65.3. The molecule has 90 heavy (non-hydrogen) atoms. The summed E-state index contributed by atoms with van der Waals surface area (Å²) >= 11 is 0. The normalized spacial score (nSPS) is 18.5. The molecule has 0 radical (unpaired) electrons. The van der Waals surface area contributed by atoms with Gasteiger partial charge in [0, 0.05) is 0 Å². The number of carbonyl (C=O) groups excluding carboxylic acids is 1. The van der Waals surface area contributed by atoms with Crippen LogP contribution in [0.3, 0.4) is 0 Å². The molecule has 0 aromatic rings. The number of rotatable bonds is 71. The van der Waals surface area contributed by atoms with Gasteiger partial charge >= 0.3 is 0 Å². The molecular weight excluding hydrogens is 1120 g/mol. The first-order valence-corrected chi connectivity index (χ1v) is 39.7. The summed E-state index contributed by atoms with van der Waals surface area (Å²) < 4.78 is 11.2. The van der Waals surface area contributed by atoms with E-state index >= 15 is 0 Å². The maximum Gasteiger partial charge on any atom is 0.249 e. The minimum Gasteiger partial charge on any atom is -0.394 e. The Morgan fingerprint density at radius 3 is 0.989 bits per heavy atom. The molecule has 1 heterocycles. The van der Waals surface area contributed by atoms with E-state index in [0.717, 1.165) is 44.9 Å². The van der Waals surface area contributed by atoms with Crippen LogP contribution in [-0.2, 0) is 14.3 Å². The van der Waals surface area contributed by atoms with Crippen molar-refractivity contribution in [3.63, 3.8) is 0 Å². The van der Waals surface area contributed by atoms with Crippen molar-refractivity contribution in [2.24, 2.45) is 0 Å². The lowest BCUT2D eigenvalue weighted by Crippen LogP contribution is -2.60. The van der Waals surface area contributed by atoms with E-state index < -0.39 is 74.2 Å². The fourth-order valence-electron chi connectivity index (χ4n) is 13.2. The molecule has 1 saturated heterocycles. The van der Waals surface area contributed by atoms with Gasteiger partial charge in [-0.2, -0.15) is 0 Å². The van der Waals surface area contributed by atoms with E-state index in [0.29, 0.717) is 19.3 Å². The molecule has 11 heteroatoms. The second kappa shape index (κ2) is 67.6. The van der Waals surface area contributed by atoms with Crippen LogP contribution in [-0.4, -0.2) is 110 Å². The van der Waals surface area contributed by atoms with E-state index in [-0.39, 0.29) is 6.42 Å². The van der Waals surface area contributed by atoms with Gasteiger partial charge in [-0.05, 0) is 44.9 Å². The van der Waals surface area contributed by atoms with Crippen molar-refractivity contribution >= 4 is 5.91 Å². The molecule has 8 N–H and O–H groups in total. The lowest BCUT2D eigenvalue weighted by Gasteiger charge is -2.40. The van der Waals surface area contributed by atoms with Crippen LogP contribution in [0, 0.1) is 0 Å². The maximum absolute atomic E-state index is 13.3. The number of aliphatic hydroxyl groups excluding tert-OH is 7. The van der Waals surface area contributed by atoms with E-state index in [1.807, 2.05) is 0 Å². The minimum atomic E-state index is -1.66. The summed E-state index contributed by atoms with van der Waals surface area (Å²) in [6.07, 6.45) is 75.7. The smallest absolute Gasteiger partial charge is 0.249 e. The summed E-state index contributed by atoms with van der Waals surface area (Å²) in [7, 11) is 0. The molecule has 1 amide bonds. The van der Waals surface area contributed by atoms with Crippen LogP contribution in [0.1, 0.15) is 406 Å². The maximum atomic E-state index is 13.3. The monoisotopic (exact) mass is 1280 g/mol. The van der Waals surface area contributed by atoms with Gasteiger partial charge in [0.05, 0.1) is 25.4 Å². The molecule has 1 aliphatic heterocycles. The fourth-order valence-corrected chi connectivity index (χ4v) is 13.2. The number of hydrogen-bond acceptors (Lipinski definition) is 10. The molecule has 0 bridgehead atoms. The van der Waals surface area contributed by atoms with Crippen molar-refractivity contribution in [2.45, 2.75) is 461 Å². The SMILES string of the molecule is CCCCCCCCCCCCCCC/C=C\C/C=C\CCCCCCCCCCCCCCCCCCC(O)C(=O)NC(COC1OC(CO)C(O)C(O)C1O)C(O)C(O)CCCCCCCCCCCCCCCCCCCCCCCCCCCCC. The van der Waals surface area contributed by atoms with Crippen LogP contribution in [0.2, 0.25) is 0 Å². The lowest BCUT2D eigenvalue weighted by atomic mass is 9.98. The molecule has 11 nitrogen and oxygen atoms in total. The predicted molar refractivity (Wildman–Crippen MR) is 381 cm³/mol. The van der Waals surface area contributed by atoms with Gasteiger partial charge in [0.25, 0.3) is 0 Å². The number of aliphatic hydroxyl groups is 7. The van der Waals surface area contributed by atoms with Gasteiger partial charge < -0.3 is 50.5 Å². The van der Waals surface area contributed by atoms with Gasteiger partial charge in [-0.25, -0.2) is 0 Å². The highest BCUT2D eigenvalue weighted by Gasteiger charge is 2.44. The Morgan fingerprint density at radius 1 is 0.389 bits per heavy atom. The number of ether oxygens (including phenoxy) is 2. The Bertz CT molecular complexity index is 1510. The molecule has 0 spiro atoms. The van der Waals surface area contributed by atoms with E-state index in [1.54, 1.807) is 0 Å². The highest BCUT2D eigenvalue weighted by molar-refractivity contribution is 5.80. The summed E-state index contributed by atoms with van der Waals surface area (Å²) in [4.78, 5) is 13.3. The number of hydrogen-bond donors (Lipinski definition) is 8. The van der Waals surface area contributed by atoms with Crippen LogP contribution in [0.15, 0.2) is 24.3 Å². The number of nitrogens with one attached hydrogen (secondary N) is 1. The van der Waals surface area contributed by atoms with Crippen LogP contribution >= 0.6 is 0 Å². The average Bonchev–Trinajstić information content (AvgIpc) is 1.44. The summed E-state index contributed by atoms with van der Waals surface area (Å²) in [5.74, 6) is -0.689. The molecule has 1 rings (SSSR count). The van der Waals surface area contributed by atoms with Gasteiger partial charge in [0.15, 0.2) is 6.29 Å². The number of unbranched alkanes of at least 4 members (excludes halogenated alkanes) is 55. The summed E-state index contributed by atoms with van der Waals surface area (Å²) in [5.41, 5.74) is 0. The number of amides is 1. The zero-order valence-corrected chi connectivity index (χ0v) is 59.4. The first-order valence-electron chi connectivity index (χ1n) is 39.7. The quantitative estimate of drug-likeness (QED) is 0.0215. The Kier molecular flexibility index (Phi) is 65.0. The van der Waals surface area contributed by atoms with E-state index in [9.17, 15) is 40.5 Å². The first kappa shape index (κ1) is 86.6. The van der Waals surface area contributed by atoms with Crippen molar-refractivity contribution < 1.29 is 50.0 Å². The summed E-state index contributed by atoms with van der Waals surface area (Å²) in [6.45, 7) is 3.53. The molecule has 0 saturated carbocycles. The molecule has 534 valence electrons. The second-order valence-corrected chi connectivity index (χ2v) is 28.1. The molecule has 0 aliphatic carbocycles. The van der Waals surface area contributed by atoms with Crippen LogP contribution in [0.25, 0.3) is 0 Å². The lowest BCUT2D eigenvalue weighted by molar-refractivity contribution is -0.303. The highest BCUT2D eigenvalue weighted by atomic mass is 16.7. The summed E-state index contributed by atoms with van der Waals surface area (Å²) in [6, 6.07) is -1.17. The van der Waals surface area contributed by atoms with Crippen molar-refractivity contribution in [1.82, 2.24) is 5.32 Å². The van der Waals surface area contributed by atoms with Crippen LogP contribution < -0.4 is 5.32 Å². The third-order valence-electron chi connectivity index (χ3n) is 19.5. The van der Waals surface area contributed by atoms with Crippen molar-refractivity contribution in [3.05, 3.63) is 24.3 Å². The molecule has 0 aromatic heterocycles. The topological polar surface area (TPSA) is 189 Å². The molecule has 9 unspecified atom stereocenters. The average molecular weight is 1280 g/mol. The Hall–Kier alpha value is -1.41. The van der Waals surface area contributed by atoms with Gasteiger partial charge in [-0.3, -0.25) is 4.79 Å². The van der Waals surface area contributed by atoms with Crippen molar-refractivity contribution in [3.8, 4) is 0 Å². The Labute approximate surface area is 556 Å². The van der Waals surface area contributed by atoms with Crippen molar-refractivity contribution in [1.29, 1.82) is 0 Å². The van der Waals surface area contributed by atoms with E-state index in [4.69, 9.17) is 9.47 Å². The third kappa shape index (κ3) is 53.8. The minimum absolute atomic E-state index is 0.263. The number of allylic oxidation sites excluding steroid dienone is 4. The van der Waals surface area contributed by atoms with Crippen LogP contribution in [0.5, 0.6) is 0 Å². The predicted octanol–water partition coefficient (Wildman–Crippen LogP) is 20.3. The first-order chi connectivity index (χ1) is 44.2. The molecule has 1 aliphatic rings. The standard InChI is InChI=1S/C79H153NO10/c1-3-5-7-9-11-13-15-17-19-21-23-25-27-29-31-32-33-34-35-36-37-38-39-41-43-45-47-49-51-53-55-57-59-61-63-65-67-72(83)78(88)80-70(69-89-79-77(87)76(86)75(85)73(68-81)90-79)74(84)71(82)66-64-62-60-58-56-54-52-50-48-46-44-42-40-30-28-26-24-22-20-18-16-14-12-10-8-6-4-2/h31-32,34-35,70-77,79,81-87H,3-30,33,36-69H2,1-2H3,(H,80,88)/b32-31-,35-34-. The largest absolute Gasteiger partial charge is 0.394 e. The Balaban J connectivity index is 2.13. The van der Waals surface area contributed by atoms with Gasteiger partial charge in [0.1, 0.15) is 36.6 Å². The fraction of sp³-hybridized carbons (Fsp3) is 0.937. The third-order valence-corrected chi connectivity index (χ3v) is 19.5. The Morgan fingerprint density at radius 2 is 0.678 bits per heavy atom. The van der Waals surface area contributed by atoms with Crippen LogP contribution in [0.4, 0.5) is 0 Å². The molecular formula is C79H153NO10.